The normalized spacial score (nSPS) is 17.0. The molecular weight excluding hydrogens is 398 g/mol. The summed E-state index contributed by atoms with van der Waals surface area (Å²) in [4.78, 5) is 3.71. The minimum absolute atomic E-state index is 0.433. The lowest BCUT2D eigenvalue weighted by Crippen LogP contribution is -3.07. The molecule has 0 saturated carbocycles. The first-order chi connectivity index (χ1) is 13.1. The molecule has 1 rings (SSSR count). The summed E-state index contributed by atoms with van der Waals surface area (Å²) in [5.41, 5.74) is 0. The molecule has 0 bridgehead atoms. The Kier molecular flexibility index (Phi) is 15.0. The predicted octanol–water partition coefficient (Wildman–Crippen LogP) is 4.54. The van der Waals surface area contributed by atoms with Crippen LogP contribution in [0.4, 0.5) is 17.3 Å². The lowest BCUT2D eigenvalue weighted by atomic mass is 10.1. The first-order valence-electron chi connectivity index (χ1n) is 10.2. The Bertz CT molecular complexity index is 454. The number of nitrogens with one attached hydrogen (secondary N) is 1. The summed E-state index contributed by atoms with van der Waals surface area (Å²) in [6.45, 7) is 9.71. The van der Waals surface area contributed by atoms with E-state index < -0.39 is 14.9 Å². The number of hydrogen-bond acceptors (Lipinski definition) is 4. The van der Waals surface area contributed by atoms with E-state index in [1.54, 1.807) is 0 Å². The van der Waals surface area contributed by atoms with Gasteiger partial charge >= 0.3 is 14.9 Å². The second-order valence-electron chi connectivity index (χ2n) is 6.63. The van der Waals surface area contributed by atoms with Gasteiger partial charge in [0.1, 0.15) is 6.20 Å². The van der Waals surface area contributed by atoms with Crippen LogP contribution in [0, 0.1) is 0 Å². The highest BCUT2D eigenvalue weighted by Gasteiger charge is 2.26. The van der Waals surface area contributed by atoms with Crippen molar-refractivity contribution in [3.05, 3.63) is 12.4 Å². The van der Waals surface area contributed by atoms with Crippen molar-refractivity contribution in [1.82, 2.24) is 4.90 Å². The van der Waals surface area contributed by atoms with Crippen LogP contribution in [0.1, 0.15) is 59.3 Å². The number of halogens is 4. The fraction of sp³-hybridized carbons (Fsp3) is 0.882. The Morgan fingerprint density at radius 2 is 1.54 bits per heavy atom. The van der Waals surface area contributed by atoms with Gasteiger partial charge in [-0.2, -0.15) is 0 Å². The summed E-state index contributed by atoms with van der Waals surface area (Å²) < 4.78 is 62.1. The van der Waals surface area contributed by atoms with E-state index >= 15 is 0 Å². The summed E-state index contributed by atoms with van der Waals surface area (Å²) in [7, 11) is -8.91. The van der Waals surface area contributed by atoms with Crippen molar-refractivity contribution in [3.8, 4) is 0 Å². The van der Waals surface area contributed by atoms with E-state index in [0.29, 0.717) is 19.4 Å². The molecule has 0 aliphatic carbocycles. The number of hydrogen-bond donors (Lipinski definition) is 1. The van der Waals surface area contributed by atoms with Crippen molar-refractivity contribution < 1.29 is 35.8 Å². The molecule has 0 radical (unpaired) electrons. The lowest BCUT2D eigenvalue weighted by Gasteiger charge is -2.21. The zero-order valence-electron chi connectivity index (χ0n) is 17.3. The summed E-state index contributed by atoms with van der Waals surface area (Å²) in [6.07, 6.45) is 12.8. The van der Waals surface area contributed by atoms with E-state index in [-0.39, 0.29) is 0 Å². The van der Waals surface area contributed by atoms with Gasteiger partial charge in [-0.3, -0.25) is 9.46 Å². The minimum atomic E-state index is -6.00. The third-order valence-electron chi connectivity index (χ3n) is 4.09. The highest BCUT2D eigenvalue weighted by Crippen LogP contribution is 2.47. The molecular formula is C17H36BF4N2O3P. The summed E-state index contributed by atoms with van der Waals surface area (Å²) >= 11 is 0. The highest BCUT2D eigenvalue weighted by atomic mass is 31.2. The molecule has 1 heterocycles. The van der Waals surface area contributed by atoms with Crippen molar-refractivity contribution in [1.29, 1.82) is 0 Å². The maximum atomic E-state index is 12.4. The molecule has 1 unspecified atom stereocenters. The number of rotatable bonds is 14. The Hall–Kier alpha value is -0.565. The third kappa shape index (κ3) is 16.4. The van der Waals surface area contributed by atoms with Gasteiger partial charge in [-0.25, -0.2) is 0 Å². The summed E-state index contributed by atoms with van der Waals surface area (Å²) in [5.74, 6) is 0. The fourth-order valence-electron chi connectivity index (χ4n) is 2.84. The molecule has 5 nitrogen and oxygen atoms in total. The van der Waals surface area contributed by atoms with Gasteiger partial charge in [0.15, 0.2) is 6.67 Å². The van der Waals surface area contributed by atoms with Crippen LogP contribution in [0.2, 0.25) is 0 Å². The molecule has 0 amide bonds. The molecule has 11 heteroatoms. The zero-order chi connectivity index (χ0) is 21.5. The van der Waals surface area contributed by atoms with Gasteiger partial charge in [-0.1, -0.05) is 32.6 Å². The molecule has 1 aliphatic heterocycles. The monoisotopic (exact) mass is 434 g/mol. The maximum absolute atomic E-state index is 12.4. The van der Waals surface area contributed by atoms with Crippen LogP contribution in [0.3, 0.4) is 0 Å². The largest absolute Gasteiger partial charge is 0.673 e. The fourth-order valence-corrected chi connectivity index (χ4v) is 4.46. The Balaban J connectivity index is 0.00000129. The van der Waals surface area contributed by atoms with Crippen LogP contribution in [-0.2, 0) is 13.6 Å². The van der Waals surface area contributed by atoms with Crippen LogP contribution < -0.4 is 4.90 Å². The average molecular weight is 434 g/mol. The molecule has 0 saturated heterocycles. The molecule has 1 N–H and O–H groups in total. The van der Waals surface area contributed by atoms with Crippen LogP contribution in [0.15, 0.2) is 12.4 Å². The van der Waals surface area contributed by atoms with Crippen molar-refractivity contribution in [2.45, 2.75) is 59.3 Å². The number of nitrogens with zero attached hydrogens (tertiary/aromatic N) is 1. The van der Waals surface area contributed by atoms with Crippen molar-refractivity contribution in [2.75, 3.05) is 39.1 Å². The molecule has 0 fully saturated rings. The second kappa shape index (κ2) is 15.3. The van der Waals surface area contributed by atoms with E-state index in [1.807, 2.05) is 13.8 Å². The third-order valence-corrected chi connectivity index (χ3v) is 6.14. The lowest BCUT2D eigenvalue weighted by molar-refractivity contribution is -0.849. The first-order valence-corrected chi connectivity index (χ1v) is 11.9. The Morgan fingerprint density at radius 3 is 2.07 bits per heavy atom. The number of quaternary nitrogens is 1. The van der Waals surface area contributed by atoms with Crippen molar-refractivity contribution >= 4 is 14.9 Å². The van der Waals surface area contributed by atoms with Crippen LogP contribution in [0.5, 0.6) is 0 Å². The van der Waals surface area contributed by atoms with Crippen LogP contribution in [-0.4, -0.2) is 51.3 Å². The Labute approximate surface area is 167 Å². The van der Waals surface area contributed by atoms with Gasteiger partial charge in [0.2, 0.25) is 0 Å². The smallest absolute Gasteiger partial charge is 0.418 e. The van der Waals surface area contributed by atoms with Gasteiger partial charge in [0.05, 0.1) is 32.1 Å². The zero-order valence-corrected chi connectivity index (χ0v) is 18.2. The van der Waals surface area contributed by atoms with Gasteiger partial charge in [-0.15, -0.1) is 0 Å². The second-order valence-corrected chi connectivity index (χ2v) is 8.81. The van der Waals surface area contributed by atoms with Crippen LogP contribution >= 0.6 is 7.60 Å². The average Bonchev–Trinajstić information content (AvgIpc) is 3.03. The van der Waals surface area contributed by atoms with Crippen molar-refractivity contribution in [3.63, 3.8) is 0 Å². The van der Waals surface area contributed by atoms with E-state index in [2.05, 4.69) is 24.2 Å². The van der Waals surface area contributed by atoms with Crippen molar-refractivity contribution in [2.24, 2.45) is 0 Å². The van der Waals surface area contributed by atoms with Gasteiger partial charge in [-0.05, 0) is 26.7 Å². The van der Waals surface area contributed by atoms with Crippen LogP contribution in [0.25, 0.3) is 0 Å². The molecule has 0 aromatic rings. The number of unbranched alkanes of at least 4 members (excludes halogenated alkanes) is 5. The summed E-state index contributed by atoms with van der Waals surface area (Å²) in [5, 5.41) is 0. The van der Waals surface area contributed by atoms with E-state index in [4.69, 9.17) is 9.05 Å². The predicted molar refractivity (Wildman–Crippen MR) is 106 cm³/mol. The molecule has 1 aliphatic rings. The van der Waals surface area contributed by atoms with Gasteiger partial charge < -0.3 is 31.2 Å². The Morgan fingerprint density at radius 1 is 1.00 bits per heavy atom. The topological polar surface area (TPSA) is 43.2 Å². The van der Waals surface area contributed by atoms with Gasteiger partial charge in [0.25, 0.3) is 0 Å². The maximum Gasteiger partial charge on any atom is 0.673 e. The quantitative estimate of drug-likeness (QED) is 0.189. The summed E-state index contributed by atoms with van der Waals surface area (Å²) in [6, 6.07) is 0. The molecule has 1 atom stereocenters. The van der Waals surface area contributed by atoms with E-state index in [1.165, 1.54) is 50.0 Å². The minimum Gasteiger partial charge on any atom is -0.418 e. The standard InChI is InChI=1S/C17H35N2O3P.BF4/c1-4-7-8-9-10-11-12-18-13-14-19(17-18)15-16-23(20,21-5-2)22-6-3;2-1(3,4)5/h13-14H,4-12,15-17H2,1-3H3;/q;-1/p+1. The molecule has 0 aromatic heterocycles. The molecule has 168 valence electrons. The molecule has 0 aromatic carbocycles. The first kappa shape index (κ1) is 27.4. The van der Waals surface area contributed by atoms with Gasteiger partial charge in [0, 0.05) is 6.54 Å². The molecule has 28 heavy (non-hydrogen) atoms. The van der Waals surface area contributed by atoms with E-state index in [9.17, 15) is 21.8 Å². The highest BCUT2D eigenvalue weighted by molar-refractivity contribution is 7.53. The molecule has 0 spiro atoms. The SMILES string of the molecule is CCCCCCCC[NH+]1C=CN(CCP(=O)(OCC)OCC)C1.F[B-](F)(F)F. The van der Waals surface area contributed by atoms with E-state index in [0.717, 1.165) is 13.2 Å².